The second-order valence-corrected chi connectivity index (χ2v) is 4.50. The first-order chi connectivity index (χ1) is 11.7. The van der Waals surface area contributed by atoms with Gasteiger partial charge < -0.3 is 24.1 Å². The SMILES string of the molecule is COCOc1cccc(OOB(O)OO)c1OCc1ccccc1. The maximum Gasteiger partial charge on any atom is 0.703 e. The summed E-state index contributed by atoms with van der Waals surface area (Å²) in [6, 6.07) is 14.3. The van der Waals surface area contributed by atoms with Crippen molar-refractivity contribution in [3.05, 3.63) is 54.1 Å². The molecule has 0 saturated heterocycles. The average Bonchev–Trinajstić information content (AvgIpc) is 2.64. The number of hydrogen-bond donors (Lipinski definition) is 2. The predicted octanol–water partition coefficient (Wildman–Crippen LogP) is 2.03. The van der Waals surface area contributed by atoms with Gasteiger partial charge in [-0.2, -0.15) is 4.81 Å². The molecule has 0 amide bonds. The molecule has 0 radical (unpaired) electrons. The summed E-state index contributed by atoms with van der Waals surface area (Å²) in [7, 11) is -0.473. The summed E-state index contributed by atoms with van der Waals surface area (Å²) < 4.78 is 16.0. The van der Waals surface area contributed by atoms with Crippen molar-refractivity contribution < 1.29 is 39.0 Å². The molecule has 2 rings (SSSR count). The molecule has 0 aliphatic carbocycles. The van der Waals surface area contributed by atoms with Gasteiger partial charge in [0.05, 0.1) is 0 Å². The van der Waals surface area contributed by atoms with E-state index in [-0.39, 0.29) is 24.9 Å². The quantitative estimate of drug-likeness (QED) is 0.294. The predicted molar refractivity (Wildman–Crippen MR) is 83.1 cm³/mol. The monoisotopic (exact) mass is 336 g/mol. The van der Waals surface area contributed by atoms with Gasteiger partial charge in [-0.3, -0.25) is 5.26 Å². The van der Waals surface area contributed by atoms with E-state index in [0.717, 1.165) is 5.56 Å². The fourth-order valence-electron chi connectivity index (χ4n) is 1.78. The minimum absolute atomic E-state index is 0.00832. The van der Waals surface area contributed by atoms with Gasteiger partial charge in [-0.25, -0.2) is 4.81 Å². The smallest absolute Gasteiger partial charge is 0.481 e. The van der Waals surface area contributed by atoms with Crippen molar-refractivity contribution in [3.8, 4) is 17.2 Å². The van der Waals surface area contributed by atoms with E-state index in [1.807, 2.05) is 30.3 Å². The molecule has 2 aromatic carbocycles. The van der Waals surface area contributed by atoms with E-state index >= 15 is 0 Å². The second kappa shape index (κ2) is 9.76. The van der Waals surface area contributed by atoms with Gasteiger partial charge >= 0.3 is 7.32 Å². The lowest BCUT2D eigenvalue weighted by Gasteiger charge is -2.15. The third kappa shape index (κ3) is 5.41. The van der Waals surface area contributed by atoms with E-state index in [9.17, 15) is 0 Å². The highest BCUT2D eigenvalue weighted by atomic mass is 17.3. The van der Waals surface area contributed by atoms with Crippen LogP contribution in [0, 0.1) is 0 Å². The van der Waals surface area contributed by atoms with Gasteiger partial charge in [0.25, 0.3) is 0 Å². The summed E-state index contributed by atoms with van der Waals surface area (Å²) in [6.45, 7) is 0.262. The van der Waals surface area contributed by atoms with E-state index in [0.29, 0.717) is 5.75 Å². The zero-order valence-corrected chi connectivity index (χ0v) is 13.0. The lowest BCUT2D eigenvalue weighted by atomic mass is 10.2. The molecule has 0 bridgehead atoms. The molecule has 0 atom stereocenters. The van der Waals surface area contributed by atoms with E-state index in [1.165, 1.54) is 13.2 Å². The molecule has 0 aliphatic heterocycles. The molecule has 9 heteroatoms. The largest absolute Gasteiger partial charge is 0.703 e. The van der Waals surface area contributed by atoms with Gasteiger partial charge in [-0.05, 0) is 17.7 Å². The Hall–Kier alpha value is -2.30. The lowest BCUT2D eigenvalue weighted by Crippen LogP contribution is -2.23. The van der Waals surface area contributed by atoms with Gasteiger partial charge in [0.2, 0.25) is 11.5 Å². The Kier molecular flexibility index (Phi) is 7.34. The summed E-state index contributed by atoms with van der Waals surface area (Å²) in [5.41, 5.74) is 0.935. The van der Waals surface area contributed by atoms with Crippen LogP contribution < -0.4 is 14.4 Å². The van der Waals surface area contributed by atoms with Crippen LogP contribution in [0.25, 0.3) is 0 Å². The highest BCUT2D eigenvalue weighted by Crippen LogP contribution is 2.38. The fourth-order valence-corrected chi connectivity index (χ4v) is 1.78. The number of benzene rings is 2. The summed E-state index contributed by atoms with van der Waals surface area (Å²) in [4.78, 5) is 12.9. The average molecular weight is 336 g/mol. The van der Waals surface area contributed by atoms with Gasteiger partial charge in [0.15, 0.2) is 12.5 Å². The van der Waals surface area contributed by atoms with Gasteiger partial charge in [0.1, 0.15) is 6.61 Å². The minimum Gasteiger partial charge on any atom is -0.481 e. The van der Waals surface area contributed by atoms with Crippen LogP contribution >= 0.6 is 0 Å². The number of hydrogen-bond acceptors (Lipinski definition) is 8. The minimum atomic E-state index is -1.96. The Morgan fingerprint density at radius 2 is 1.71 bits per heavy atom. The molecule has 2 N–H and O–H groups in total. The standard InChI is InChI=1S/C15H17BO8/c1-19-11-21-13-8-5-9-14(22-24-16(17)23-18)15(13)20-10-12-6-3-2-4-7-12/h2-9,17-18H,10-11H2,1H3. The third-order valence-electron chi connectivity index (χ3n) is 2.81. The Morgan fingerprint density at radius 3 is 2.42 bits per heavy atom. The Morgan fingerprint density at radius 1 is 0.958 bits per heavy atom. The van der Waals surface area contributed by atoms with Crippen LogP contribution in [0.3, 0.4) is 0 Å². The lowest BCUT2D eigenvalue weighted by molar-refractivity contribution is -0.229. The highest BCUT2D eigenvalue weighted by Gasteiger charge is 2.21. The van der Waals surface area contributed by atoms with Crippen molar-refractivity contribution in [1.29, 1.82) is 0 Å². The summed E-state index contributed by atoms with van der Waals surface area (Å²) in [5, 5.41) is 17.3. The van der Waals surface area contributed by atoms with Gasteiger partial charge in [-0.1, -0.05) is 36.4 Å². The van der Waals surface area contributed by atoms with Crippen LogP contribution in [0.4, 0.5) is 0 Å². The summed E-state index contributed by atoms with van der Waals surface area (Å²) in [6.07, 6.45) is 0. The molecule has 24 heavy (non-hydrogen) atoms. The third-order valence-corrected chi connectivity index (χ3v) is 2.81. The highest BCUT2D eigenvalue weighted by molar-refractivity contribution is 6.33. The Bertz CT molecular complexity index is 610. The molecular formula is C15H17BO8. The molecule has 2 aromatic rings. The van der Waals surface area contributed by atoms with E-state index < -0.39 is 7.32 Å². The van der Waals surface area contributed by atoms with Crippen LogP contribution in [0.15, 0.2) is 48.5 Å². The molecule has 0 aliphatic rings. The molecule has 0 spiro atoms. The summed E-state index contributed by atoms with van der Waals surface area (Å²) in [5.74, 6) is 0.715. The maximum atomic E-state index is 9.02. The van der Waals surface area contributed by atoms with Crippen LogP contribution in [0.5, 0.6) is 17.2 Å². The van der Waals surface area contributed by atoms with Crippen LogP contribution in [0.2, 0.25) is 0 Å². The van der Waals surface area contributed by atoms with Crippen LogP contribution in [-0.4, -0.2) is 31.5 Å². The second-order valence-electron chi connectivity index (χ2n) is 4.50. The molecule has 0 aromatic heterocycles. The zero-order chi connectivity index (χ0) is 17.2. The molecule has 0 unspecified atom stereocenters. The molecule has 0 heterocycles. The first kappa shape index (κ1) is 18.0. The van der Waals surface area contributed by atoms with Gasteiger partial charge in [0, 0.05) is 7.11 Å². The molecule has 0 saturated carbocycles. The van der Waals surface area contributed by atoms with Crippen LogP contribution in [-0.2, 0) is 21.0 Å². The topological polar surface area (TPSA) is 95.8 Å². The van der Waals surface area contributed by atoms with Crippen molar-refractivity contribution in [3.63, 3.8) is 0 Å². The van der Waals surface area contributed by atoms with Crippen LogP contribution in [0.1, 0.15) is 5.56 Å². The fraction of sp³-hybridized carbons (Fsp3) is 0.200. The first-order valence-corrected chi connectivity index (χ1v) is 6.97. The molecular weight excluding hydrogens is 319 g/mol. The molecule has 0 fully saturated rings. The number of methoxy groups -OCH3 is 1. The summed E-state index contributed by atoms with van der Waals surface area (Å²) >= 11 is 0. The number of para-hydroxylation sites is 1. The number of rotatable bonds is 10. The van der Waals surface area contributed by atoms with Crippen molar-refractivity contribution in [1.82, 2.24) is 0 Å². The molecule has 128 valence electrons. The normalized spacial score (nSPS) is 10.3. The maximum absolute atomic E-state index is 9.02. The molecule has 8 nitrogen and oxygen atoms in total. The van der Waals surface area contributed by atoms with Crippen molar-refractivity contribution in [2.75, 3.05) is 13.9 Å². The Labute approximate surface area is 139 Å². The van der Waals surface area contributed by atoms with E-state index in [2.05, 4.69) is 9.61 Å². The number of ether oxygens (including phenoxy) is 3. The van der Waals surface area contributed by atoms with Crippen molar-refractivity contribution >= 4 is 7.32 Å². The first-order valence-electron chi connectivity index (χ1n) is 6.97. The zero-order valence-electron chi connectivity index (χ0n) is 13.0. The van der Waals surface area contributed by atoms with E-state index in [4.69, 9.17) is 29.4 Å². The van der Waals surface area contributed by atoms with Crippen molar-refractivity contribution in [2.24, 2.45) is 0 Å². The Balaban J connectivity index is 2.15. The van der Waals surface area contributed by atoms with Crippen molar-refractivity contribution in [2.45, 2.75) is 6.61 Å². The van der Waals surface area contributed by atoms with E-state index in [1.54, 1.807) is 12.1 Å². The van der Waals surface area contributed by atoms with Gasteiger partial charge in [-0.15, -0.1) is 0 Å².